The number of aliphatic hydroxyl groups excluding tert-OH is 3. The standard InChI is InChI=1S/C24H40N7O21P3S2/c1-24(2,18(35)21(36)27-4-3-14(33)26-5-6-56-23(37)12(32)8-57(45,46)47)9-49-55(43,44)52-54(41,42)48-7-13-17(51-53(38,39)40)16(34)22(50-13)31-11-30-15-19(25)28-10-29-20(15)31/h10-13,16-18,22,32,34-35H,3-9H2,1-2H3,(H,26,33)(H,27,36)(H,41,42)(H,43,44)(H2,25,28,29)(H2,38,39,40)(H,45,46,47). The van der Waals surface area contributed by atoms with Crippen molar-refractivity contribution in [3.8, 4) is 0 Å². The first-order valence-electron chi connectivity index (χ1n) is 15.8. The van der Waals surface area contributed by atoms with Gasteiger partial charge in [0.15, 0.2) is 17.7 Å². The summed E-state index contributed by atoms with van der Waals surface area (Å²) in [5, 5.41) is 34.5. The Bertz CT molecular complexity index is 2020. The van der Waals surface area contributed by atoms with Gasteiger partial charge in [-0.25, -0.2) is 28.6 Å². The van der Waals surface area contributed by atoms with Crippen LogP contribution in [0.2, 0.25) is 0 Å². The Morgan fingerprint density at radius 3 is 2.33 bits per heavy atom. The summed E-state index contributed by atoms with van der Waals surface area (Å²) in [6, 6.07) is 0. The van der Waals surface area contributed by atoms with Gasteiger partial charge in [0.1, 0.15) is 48.1 Å². The average molecular weight is 920 g/mol. The van der Waals surface area contributed by atoms with Gasteiger partial charge in [0, 0.05) is 30.7 Å². The maximum atomic E-state index is 12.6. The predicted octanol–water partition coefficient (Wildman–Crippen LogP) is -3.09. The normalized spacial score (nSPS) is 22.4. The van der Waals surface area contributed by atoms with E-state index in [4.69, 9.17) is 24.1 Å². The number of anilines is 1. The molecule has 28 nitrogen and oxygen atoms in total. The van der Waals surface area contributed by atoms with Crippen molar-refractivity contribution in [2.24, 2.45) is 5.41 Å². The second-order valence-corrected chi connectivity index (χ2v) is 19.3. The largest absolute Gasteiger partial charge is 0.481 e. The minimum atomic E-state index is -5.61. The highest BCUT2D eigenvalue weighted by molar-refractivity contribution is 8.13. The van der Waals surface area contributed by atoms with Crippen molar-refractivity contribution in [2.75, 3.05) is 43.5 Å². The van der Waals surface area contributed by atoms with Crippen molar-refractivity contribution in [2.45, 2.75) is 57.0 Å². The van der Waals surface area contributed by atoms with Crippen LogP contribution >= 0.6 is 35.2 Å². The second kappa shape index (κ2) is 19.7. The molecule has 0 saturated carbocycles. The van der Waals surface area contributed by atoms with E-state index in [1.54, 1.807) is 0 Å². The van der Waals surface area contributed by atoms with Crippen LogP contribution in [0.3, 0.4) is 0 Å². The number of hydrogen-bond donors (Lipinski definition) is 11. The molecule has 0 aromatic carbocycles. The lowest BCUT2D eigenvalue weighted by Gasteiger charge is -2.30. The van der Waals surface area contributed by atoms with E-state index in [2.05, 4.69) is 34.4 Å². The number of phosphoric ester groups is 3. The minimum absolute atomic E-state index is 0.00778. The number of nitrogens with one attached hydrogen (secondary N) is 2. The van der Waals surface area contributed by atoms with E-state index in [0.29, 0.717) is 11.8 Å². The molecule has 8 atom stereocenters. The van der Waals surface area contributed by atoms with Gasteiger partial charge in [-0.05, 0) is 0 Å². The highest BCUT2D eigenvalue weighted by Gasteiger charge is 2.50. The number of rotatable bonds is 22. The molecular weight excluding hydrogens is 879 g/mol. The van der Waals surface area contributed by atoms with E-state index < -0.39 is 112 Å². The van der Waals surface area contributed by atoms with Crippen molar-refractivity contribution < 1.29 is 98.6 Å². The Morgan fingerprint density at radius 1 is 1.05 bits per heavy atom. The zero-order valence-corrected chi connectivity index (χ0v) is 33.8. The third-order valence-electron chi connectivity index (χ3n) is 7.39. The molecule has 57 heavy (non-hydrogen) atoms. The molecule has 0 bridgehead atoms. The molecule has 3 rings (SSSR count). The number of carbonyl (C=O) groups excluding carboxylic acids is 3. The summed E-state index contributed by atoms with van der Waals surface area (Å²) in [5.41, 5.74) is 4.13. The summed E-state index contributed by atoms with van der Waals surface area (Å²) >= 11 is 0.493. The van der Waals surface area contributed by atoms with Crippen LogP contribution in [0.25, 0.3) is 11.2 Å². The number of thioether (sulfide) groups is 1. The zero-order chi connectivity index (χ0) is 43.1. The number of fused-ring (bicyclic) bond motifs is 1. The van der Waals surface area contributed by atoms with Crippen molar-refractivity contribution in [3.05, 3.63) is 12.7 Å². The zero-order valence-electron chi connectivity index (χ0n) is 29.5. The highest BCUT2D eigenvalue weighted by atomic mass is 32.2. The maximum absolute atomic E-state index is 12.6. The number of carbonyl (C=O) groups is 3. The summed E-state index contributed by atoms with van der Waals surface area (Å²) in [4.78, 5) is 87.0. The molecule has 1 aliphatic heterocycles. The average Bonchev–Trinajstić information content (AvgIpc) is 3.63. The van der Waals surface area contributed by atoms with Crippen LogP contribution in [-0.4, -0.2) is 153 Å². The fraction of sp³-hybridized carbons (Fsp3) is 0.667. The summed E-state index contributed by atoms with van der Waals surface area (Å²) in [6.45, 7) is -0.167. The second-order valence-electron chi connectivity index (χ2n) is 12.5. The fourth-order valence-electron chi connectivity index (χ4n) is 4.65. The number of nitrogens with two attached hydrogens (primary N) is 1. The number of amides is 2. The van der Waals surface area contributed by atoms with E-state index in [0.717, 1.165) is 17.2 Å². The third kappa shape index (κ3) is 15.2. The van der Waals surface area contributed by atoms with Gasteiger partial charge in [-0.3, -0.25) is 37.1 Å². The number of imidazole rings is 1. The molecule has 3 heterocycles. The van der Waals surface area contributed by atoms with Crippen LogP contribution in [0.4, 0.5) is 5.82 Å². The van der Waals surface area contributed by atoms with Gasteiger partial charge in [-0.1, -0.05) is 25.6 Å². The molecule has 12 N–H and O–H groups in total. The molecule has 2 aromatic heterocycles. The van der Waals surface area contributed by atoms with Gasteiger partial charge < -0.3 is 56.0 Å². The van der Waals surface area contributed by atoms with Crippen molar-refractivity contribution in [3.63, 3.8) is 0 Å². The van der Waals surface area contributed by atoms with Gasteiger partial charge in [0.2, 0.25) is 16.9 Å². The van der Waals surface area contributed by atoms with Crippen molar-refractivity contribution in [1.29, 1.82) is 0 Å². The number of ether oxygens (including phenoxy) is 1. The molecule has 0 radical (unpaired) electrons. The molecule has 0 spiro atoms. The Hall–Kier alpha value is -2.57. The number of hydrogen-bond acceptors (Lipinski definition) is 21. The molecule has 8 unspecified atom stereocenters. The van der Waals surface area contributed by atoms with Crippen LogP contribution < -0.4 is 16.4 Å². The Balaban J connectivity index is 1.48. The van der Waals surface area contributed by atoms with Gasteiger partial charge in [0.05, 0.1) is 19.5 Å². The van der Waals surface area contributed by atoms with E-state index in [9.17, 15) is 71.4 Å². The van der Waals surface area contributed by atoms with Gasteiger partial charge >= 0.3 is 23.5 Å². The van der Waals surface area contributed by atoms with Gasteiger partial charge in [0.25, 0.3) is 10.1 Å². The topological polar surface area (TPSA) is 438 Å². The summed E-state index contributed by atoms with van der Waals surface area (Å²) < 4.78 is 92.0. The number of nitrogens with zero attached hydrogens (tertiary/aromatic N) is 4. The summed E-state index contributed by atoms with van der Waals surface area (Å²) in [7, 11) is -21.1. The van der Waals surface area contributed by atoms with Crippen LogP contribution in [-0.2, 0) is 60.8 Å². The Labute approximate surface area is 326 Å². The third-order valence-corrected chi connectivity index (χ3v) is 12.2. The Kier molecular flexibility index (Phi) is 16.8. The molecule has 1 aliphatic rings. The molecule has 2 amide bonds. The smallest absolute Gasteiger partial charge is 0.386 e. The number of aliphatic hydroxyl groups is 3. The molecular formula is C24H40N7O21P3S2. The lowest BCUT2D eigenvalue weighted by atomic mass is 9.87. The minimum Gasteiger partial charge on any atom is -0.386 e. The summed E-state index contributed by atoms with van der Waals surface area (Å²) in [5.74, 6) is -3.02. The molecule has 2 aromatic rings. The lowest BCUT2D eigenvalue weighted by Crippen LogP contribution is -2.46. The van der Waals surface area contributed by atoms with Crippen LogP contribution in [0, 0.1) is 5.41 Å². The first-order chi connectivity index (χ1) is 26.1. The summed E-state index contributed by atoms with van der Waals surface area (Å²) in [6.07, 6.45) is -9.28. The lowest BCUT2D eigenvalue weighted by molar-refractivity contribution is -0.137. The molecule has 0 aliphatic carbocycles. The quantitative estimate of drug-likeness (QED) is 0.0317. The Morgan fingerprint density at radius 2 is 1.70 bits per heavy atom. The van der Waals surface area contributed by atoms with Gasteiger partial charge in [-0.2, -0.15) is 12.7 Å². The molecule has 33 heteroatoms. The van der Waals surface area contributed by atoms with Gasteiger partial charge in [-0.15, -0.1) is 0 Å². The highest BCUT2D eigenvalue weighted by Crippen LogP contribution is 2.61. The maximum Gasteiger partial charge on any atom is 0.481 e. The number of phosphoric acid groups is 3. The molecule has 1 fully saturated rings. The van der Waals surface area contributed by atoms with Crippen LogP contribution in [0.1, 0.15) is 26.5 Å². The monoisotopic (exact) mass is 919 g/mol. The SMILES string of the molecule is CC(C)(COP(=O)(O)OP(=O)(O)OCC1OC(n2cnc3c(N)ncnc32)C(O)C1OP(=O)(O)O)C(O)C(=O)NCCC(=O)NCCSC(=O)C(O)CS(=O)(=O)O. The first-order valence-corrected chi connectivity index (χ1v) is 22.9. The molecule has 324 valence electrons. The van der Waals surface area contributed by atoms with Crippen molar-refractivity contribution >= 4 is 79.3 Å². The van der Waals surface area contributed by atoms with E-state index in [1.165, 1.54) is 13.8 Å². The van der Waals surface area contributed by atoms with E-state index in [-0.39, 0.29) is 42.2 Å². The van der Waals surface area contributed by atoms with Crippen LogP contribution in [0.5, 0.6) is 0 Å². The number of aromatic nitrogens is 4. The van der Waals surface area contributed by atoms with Crippen molar-refractivity contribution in [1.82, 2.24) is 30.2 Å². The fourth-order valence-corrected chi connectivity index (χ4v) is 8.81. The predicted molar refractivity (Wildman–Crippen MR) is 190 cm³/mol. The van der Waals surface area contributed by atoms with E-state index in [1.807, 2.05) is 0 Å². The first kappa shape index (κ1) is 48.8. The number of nitrogen functional groups attached to an aromatic ring is 1. The molecule has 1 saturated heterocycles. The van der Waals surface area contributed by atoms with Crippen LogP contribution in [0.15, 0.2) is 12.7 Å². The van der Waals surface area contributed by atoms with E-state index >= 15 is 0 Å².